The fourth-order valence-corrected chi connectivity index (χ4v) is 2.52. The number of nitrogens with zero attached hydrogens (tertiary/aromatic N) is 2. The van der Waals surface area contributed by atoms with Gasteiger partial charge in [-0.1, -0.05) is 36.2 Å². The minimum atomic E-state index is -0.0311. The van der Waals surface area contributed by atoms with Gasteiger partial charge in [-0.3, -0.25) is 10.5 Å². The van der Waals surface area contributed by atoms with Gasteiger partial charge in [-0.2, -0.15) is 5.10 Å². The second-order valence-electron chi connectivity index (χ2n) is 5.06. The van der Waals surface area contributed by atoms with Gasteiger partial charge in [0, 0.05) is 7.05 Å². The lowest BCUT2D eigenvalue weighted by atomic mass is 9.99. The van der Waals surface area contributed by atoms with Crippen LogP contribution in [0.5, 0.6) is 0 Å². The SMILES string of the molecule is CCc1cc(C(NN)c2cc(C)cc(C)c2)n(C)n1. The number of hydrogen-bond acceptors (Lipinski definition) is 3. The third-order valence-corrected chi connectivity index (χ3v) is 3.37. The highest BCUT2D eigenvalue weighted by Gasteiger charge is 2.17. The highest BCUT2D eigenvalue weighted by atomic mass is 15.3. The molecule has 1 aromatic carbocycles. The molecule has 0 amide bonds. The second kappa shape index (κ2) is 5.55. The molecule has 102 valence electrons. The topological polar surface area (TPSA) is 55.9 Å². The second-order valence-corrected chi connectivity index (χ2v) is 5.06. The predicted molar refractivity (Wildman–Crippen MR) is 77.7 cm³/mol. The molecule has 0 aliphatic heterocycles. The van der Waals surface area contributed by atoms with Crippen molar-refractivity contribution < 1.29 is 0 Å². The largest absolute Gasteiger partial charge is 0.271 e. The van der Waals surface area contributed by atoms with Crippen molar-refractivity contribution in [3.05, 3.63) is 52.3 Å². The summed E-state index contributed by atoms with van der Waals surface area (Å²) in [6.07, 6.45) is 0.929. The molecule has 0 fully saturated rings. The molecular formula is C15H22N4. The molecule has 2 aromatic rings. The zero-order valence-electron chi connectivity index (χ0n) is 12.1. The minimum absolute atomic E-state index is 0.0311. The Morgan fingerprint density at radius 1 is 1.21 bits per heavy atom. The zero-order valence-corrected chi connectivity index (χ0v) is 12.1. The number of nitrogens with two attached hydrogens (primary N) is 1. The lowest BCUT2D eigenvalue weighted by Gasteiger charge is -2.18. The van der Waals surface area contributed by atoms with Crippen molar-refractivity contribution >= 4 is 0 Å². The lowest BCUT2D eigenvalue weighted by molar-refractivity contribution is 0.573. The van der Waals surface area contributed by atoms with Crippen molar-refractivity contribution in [1.82, 2.24) is 15.2 Å². The summed E-state index contributed by atoms with van der Waals surface area (Å²) in [5, 5.41) is 4.49. The molecule has 0 aliphatic carbocycles. The molecule has 0 saturated heterocycles. The Bertz CT molecular complexity index is 551. The Hall–Kier alpha value is -1.65. The maximum Gasteiger partial charge on any atom is 0.0878 e. The van der Waals surface area contributed by atoms with Crippen LogP contribution in [-0.4, -0.2) is 9.78 Å². The molecule has 1 atom stereocenters. The van der Waals surface area contributed by atoms with Crippen LogP contribution in [0.4, 0.5) is 0 Å². The molecule has 4 nitrogen and oxygen atoms in total. The van der Waals surface area contributed by atoms with Gasteiger partial charge in [-0.15, -0.1) is 0 Å². The first kappa shape index (κ1) is 13.8. The Morgan fingerprint density at radius 2 is 1.84 bits per heavy atom. The summed E-state index contributed by atoms with van der Waals surface area (Å²) in [7, 11) is 1.96. The van der Waals surface area contributed by atoms with Crippen LogP contribution in [0.1, 0.15) is 41.0 Å². The summed E-state index contributed by atoms with van der Waals surface area (Å²) in [4.78, 5) is 0. The van der Waals surface area contributed by atoms with Crippen LogP contribution < -0.4 is 11.3 Å². The van der Waals surface area contributed by atoms with Crippen LogP contribution >= 0.6 is 0 Å². The van der Waals surface area contributed by atoms with E-state index in [-0.39, 0.29) is 6.04 Å². The molecule has 1 heterocycles. The van der Waals surface area contributed by atoms with Gasteiger partial charge in [0.1, 0.15) is 0 Å². The number of aryl methyl sites for hydroxylation is 4. The normalized spacial score (nSPS) is 12.7. The van der Waals surface area contributed by atoms with E-state index in [0.29, 0.717) is 0 Å². The third kappa shape index (κ3) is 2.85. The van der Waals surface area contributed by atoms with E-state index in [4.69, 9.17) is 5.84 Å². The van der Waals surface area contributed by atoms with Crippen LogP contribution in [0.25, 0.3) is 0 Å². The van der Waals surface area contributed by atoms with Crippen LogP contribution in [0.3, 0.4) is 0 Å². The third-order valence-electron chi connectivity index (χ3n) is 3.37. The number of aromatic nitrogens is 2. The van der Waals surface area contributed by atoms with Gasteiger partial charge in [0.25, 0.3) is 0 Å². The maximum atomic E-state index is 5.77. The van der Waals surface area contributed by atoms with Gasteiger partial charge in [-0.25, -0.2) is 5.43 Å². The summed E-state index contributed by atoms with van der Waals surface area (Å²) in [6, 6.07) is 8.57. The van der Waals surface area contributed by atoms with E-state index in [0.717, 1.165) is 17.8 Å². The Kier molecular flexibility index (Phi) is 4.02. The molecular weight excluding hydrogens is 236 g/mol. The molecule has 3 N–H and O–H groups in total. The van der Waals surface area contributed by atoms with Gasteiger partial charge in [0.15, 0.2) is 0 Å². The molecule has 4 heteroatoms. The summed E-state index contributed by atoms with van der Waals surface area (Å²) in [5.41, 5.74) is 8.74. The molecule has 2 rings (SSSR count). The Labute approximate surface area is 114 Å². The quantitative estimate of drug-likeness (QED) is 0.652. The van der Waals surface area contributed by atoms with Gasteiger partial charge >= 0.3 is 0 Å². The van der Waals surface area contributed by atoms with E-state index in [1.165, 1.54) is 16.7 Å². The van der Waals surface area contributed by atoms with E-state index in [1.807, 2.05) is 11.7 Å². The lowest BCUT2D eigenvalue weighted by Crippen LogP contribution is -2.30. The van der Waals surface area contributed by atoms with Crippen molar-refractivity contribution in [2.75, 3.05) is 0 Å². The summed E-state index contributed by atoms with van der Waals surface area (Å²) in [6.45, 7) is 6.31. The fourth-order valence-electron chi connectivity index (χ4n) is 2.52. The smallest absolute Gasteiger partial charge is 0.0878 e. The minimum Gasteiger partial charge on any atom is -0.271 e. The Morgan fingerprint density at radius 3 is 2.32 bits per heavy atom. The van der Waals surface area contributed by atoms with Gasteiger partial charge in [0.2, 0.25) is 0 Å². The van der Waals surface area contributed by atoms with Crippen molar-refractivity contribution in [2.45, 2.75) is 33.2 Å². The molecule has 0 radical (unpaired) electrons. The van der Waals surface area contributed by atoms with Crippen LogP contribution in [0.15, 0.2) is 24.3 Å². The van der Waals surface area contributed by atoms with E-state index in [1.54, 1.807) is 0 Å². The van der Waals surface area contributed by atoms with Crippen molar-refractivity contribution in [1.29, 1.82) is 0 Å². The number of hydrazine groups is 1. The number of benzene rings is 1. The molecule has 1 aromatic heterocycles. The van der Waals surface area contributed by atoms with Crippen molar-refractivity contribution in [2.24, 2.45) is 12.9 Å². The number of nitrogens with one attached hydrogen (secondary N) is 1. The fraction of sp³-hybridized carbons (Fsp3) is 0.400. The summed E-state index contributed by atoms with van der Waals surface area (Å²) < 4.78 is 1.90. The van der Waals surface area contributed by atoms with Crippen LogP contribution in [0.2, 0.25) is 0 Å². The van der Waals surface area contributed by atoms with Crippen LogP contribution in [0, 0.1) is 13.8 Å². The van der Waals surface area contributed by atoms with Crippen LogP contribution in [-0.2, 0) is 13.5 Å². The molecule has 1 unspecified atom stereocenters. The average molecular weight is 258 g/mol. The molecule has 0 bridgehead atoms. The molecule has 0 spiro atoms. The zero-order chi connectivity index (χ0) is 14.0. The summed E-state index contributed by atoms with van der Waals surface area (Å²) in [5.74, 6) is 5.77. The number of rotatable bonds is 4. The monoisotopic (exact) mass is 258 g/mol. The average Bonchev–Trinajstić information content (AvgIpc) is 2.71. The highest BCUT2D eigenvalue weighted by molar-refractivity contribution is 5.35. The summed E-state index contributed by atoms with van der Waals surface area (Å²) >= 11 is 0. The Balaban J connectivity index is 2.46. The van der Waals surface area contributed by atoms with Gasteiger partial charge in [-0.05, 0) is 31.9 Å². The molecule has 19 heavy (non-hydrogen) atoms. The van der Waals surface area contributed by atoms with E-state index < -0.39 is 0 Å². The van der Waals surface area contributed by atoms with E-state index in [2.05, 4.69) is 55.6 Å². The first-order valence-electron chi connectivity index (χ1n) is 6.62. The van der Waals surface area contributed by atoms with Gasteiger partial charge < -0.3 is 0 Å². The van der Waals surface area contributed by atoms with E-state index >= 15 is 0 Å². The van der Waals surface area contributed by atoms with E-state index in [9.17, 15) is 0 Å². The molecule has 0 saturated carbocycles. The number of hydrogen-bond donors (Lipinski definition) is 2. The standard InChI is InChI=1S/C15H22N4/c1-5-13-9-14(19(4)18-13)15(17-16)12-7-10(2)6-11(3)8-12/h6-9,15,17H,5,16H2,1-4H3. The first-order valence-corrected chi connectivity index (χ1v) is 6.62. The molecule has 0 aliphatic rings. The van der Waals surface area contributed by atoms with Crippen molar-refractivity contribution in [3.63, 3.8) is 0 Å². The first-order chi connectivity index (χ1) is 9.05. The highest BCUT2D eigenvalue weighted by Crippen LogP contribution is 2.24. The van der Waals surface area contributed by atoms with Gasteiger partial charge in [0.05, 0.1) is 17.4 Å². The van der Waals surface area contributed by atoms with Crippen molar-refractivity contribution in [3.8, 4) is 0 Å². The maximum absolute atomic E-state index is 5.77. The predicted octanol–water partition coefficient (Wildman–Crippen LogP) is 2.15.